The molecule has 38 heavy (non-hydrogen) atoms. The highest BCUT2D eigenvalue weighted by atomic mass is 79.9. The number of nitrogens with zero attached hydrogens (tertiary/aromatic N) is 1. The second-order valence-electron chi connectivity index (χ2n) is 9.62. The van der Waals surface area contributed by atoms with Crippen molar-refractivity contribution in [1.82, 2.24) is 10.2 Å². The summed E-state index contributed by atoms with van der Waals surface area (Å²) in [7, 11) is 1.62. The number of methoxy groups -OCH3 is 1. The third kappa shape index (κ3) is 9.53. The molecular formula is C31H37BrN2O4. The van der Waals surface area contributed by atoms with Crippen LogP contribution >= 0.6 is 15.9 Å². The average Bonchev–Trinajstić information content (AvgIpc) is 2.92. The van der Waals surface area contributed by atoms with Gasteiger partial charge in [-0.25, -0.2) is 0 Å². The molecule has 3 aromatic rings. The average molecular weight is 582 g/mol. The Hall–Kier alpha value is -3.32. The smallest absolute Gasteiger partial charge is 0.243 e. The lowest BCUT2D eigenvalue weighted by atomic mass is 10.0. The Labute approximate surface area is 234 Å². The molecule has 202 valence electrons. The van der Waals surface area contributed by atoms with Gasteiger partial charge in [-0.1, -0.05) is 72.2 Å². The zero-order chi connectivity index (χ0) is 27.3. The van der Waals surface area contributed by atoms with Crippen LogP contribution < -0.4 is 14.8 Å². The van der Waals surface area contributed by atoms with Crippen molar-refractivity contribution in [3.05, 3.63) is 94.5 Å². The maximum atomic E-state index is 13.7. The van der Waals surface area contributed by atoms with E-state index in [1.165, 1.54) is 0 Å². The third-order valence-corrected chi connectivity index (χ3v) is 6.55. The molecule has 1 atom stereocenters. The molecule has 0 heterocycles. The number of nitrogens with one attached hydrogen (secondary N) is 1. The Morgan fingerprint density at radius 3 is 2.26 bits per heavy atom. The number of hydrogen-bond acceptors (Lipinski definition) is 4. The van der Waals surface area contributed by atoms with Crippen LogP contribution in [0.25, 0.3) is 0 Å². The minimum atomic E-state index is -0.634. The molecule has 7 heteroatoms. The summed E-state index contributed by atoms with van der Waals surface area (Å²) < 4.78 is 11.9. The molecule has 3 aromatic carbocycles. The monoisotopic (exact) mass is 580 g/mol. The molecule has 3 rings (SSSR count). The van der Waals surface area contributed by atoms with E-state index in [0.717, 1.165) is 27.1 Å². The molecule has 0 aliphatic rings. The molecule has 1 unspecified atom stereocenters. The Morgan fingerprint density at radius 1 is 0.921 bits per heavy atom. The zero-order valence-electron chi connectivity index (χ0n) is 22.4. The summed E-state index contributed by atoms with van der Waals surface area (Å²) in [5, 5.41) is 3.06. The molecule has 0 aliphatic heterocycles. The number of hydrogen-bond donors (Lipinski definition) is 1. The Kier molecular flexibility index (Phi) is 11.7. The van der Waals surface area contributed by atoms with Crippen molar-refractivity contribution in [3.63, 3.8) is 0 Å². The molecule has 0 aromatic heterocycles. The lowest BCUT2D eigenvalue weighted by Crippen LogP contribution is -2.51. The maximum absolute atomic E-state index is 13.7. The van der Waals surface area contributed by atoms with E-state index in [9.17, 15) is 9.59 Å². The first kappa shape index (κ1) is 29.2. The van der Waals surface area contributed by atoms with Gasteiger partial charge in [-0.15, -0.1) is 0 Å². The van der Waals surface area contributed by atoms with Gasteiger partial charge < -0.3 is 19.7 Å². The summed E-state index contributed by atoms with van der Waals surface area (Å²) in [5.41, 5.74) is 1.96. The Balaban J connectivity index is 1.76. The van der Waals surface area contributed by atoms with Crippen LogP contribution in [0.15, 0.2) is 83.3 Å². The molecule has 2 amide bonds. The van der Waals surface area contributed by atoms with Crippen LogP contribution in [0.3, 0.4) is 0 Å². The van der Waals surface area contributed by atoms with Crippen molar-refractivity contribution in [2.24, 2.45) is 5.92 Å². The molecule has 0 radical (unpaired) electrons. The predicted octanol–water partition coefficient (Wildman–Crippen LogP) is 6.03. The highest BCUT2D eigenvalue weighted by molar-refractivity contribution is 9.10. The summed E-state index contributed by atoms with van der Waals surface area (Å²) in [5.74, 6) is 1.57. The molecule has 0 saturated carbocycles. The van der Waals surface area contributed by atoms with E-state index < -0.39 is 6.04 Å². The first-order valence-corrected chi connectivity index (χ1v) is 13.8. The molecular weight excluding hydrogens is 544 g/mol. The SMILES string of the molecule is COc1ccc(OCCCC(=O)N(Cc2cccc(Br)c2)C(Cc2ccccc2)C(=O)NCC(C)C)cc1. The number of carbonyl (C=O) groups excluding carboxylic acids is 2. The summed E-state index contributed by atoms with van der Waals surface area (Å²) in [6.45, 7) is 5.40. The fourth-order valence-electron chi connectivity index (χ4n) is 4.04. The summed E-state index contributed by atoms with van der Waals surface area (Å²) in [6, 6.07) is 24.4. The van der Waals surface area contributed by atoms with Crippen LogP contribution in [-0.2, 0) is 22.6 Å². The zero-order valence-corrected chi connectivity index (χ0v) is 23.9. The quantitative estimate of drug-likeness (QED) is 0.236. The van der Waals surface area contributed by atoms with Gasteiger partial charge in [0, 0.05) is 30.4 Å². The minimum Gasteiger partial charge on any atom is -0.497 e. The predicted molar refractivity (Wildman–Crippen MR) is 154 cm³/mol. The van der Waals surface area contributed by atoms with E-state index in [4.69, 9.17) is 9.47 Å². The summed E-state index contributed by atoms with van der Waals surface area (Å²) >= 11 is 3.53. The lowest BCUT2D eigenvalue weighted by molar-refractivity contribution is -0.141. The molecule has 0 saturated heterocycles. The lowest BCUT2D eigenvalue weighted by Gasteiger charge is -2.32. The van der Waals surface area contributed by atoms with Gasteiger partial charge in [0.1, 0.15) is 17.5 Å². The number of carbonyl (C=O) groups is 2. The molecule has 0 fully saturated rings. The van der Waals surface area contributed by atoms with Crippen molar-refractivity contribution in [1.29, 1.82) is 0 Å². The molecule has 0 aliphatic carbocycles. The number of ether oxygens (including phenoxy) is 2. The van der Waals surface area contributed by atoms with Crippen LogP contribution in [0.5, 0.6) is 11.5 Å². The second kappa shape index (κ2) is 15.2. The first-order chi connectivity index (χ1) is 18.4. The highest BCUT2D eigenvalue weighted by Gasteiger charge is 2.30. The van der Waals surface area contributed by atoms with Gasteiger partial charge in [0.15, 0.2) is 0 Å². The van der Waals surface area contributed by atoms with Crippen LogP contribution in [0, 0.1) is 5.92 Å². The van der Waals surface area contributed by atoms with Crippen molar-refractivity contribution < 1.29 is 19.1 Å². The van der Waals surface area contributed by atoms with Crippen LogP contribution in [0.4, 0.5) is 0 Å². The van der Waals surface area contributed by atoms with E-state index in [1.54, 1.807) is 12.0 Å². The van der Waals surface area contributed by atoms with Crippen LogP contribution in [0.1, 0.15) is 37.8 Å². The molecule has 0 bridgehead atoms. The Morgan fingerprint density at radius 2 is 1.61 bits per heavy atom. The fraction of sp³-hybridized carbons (Fsp3) is 0.355. The van der Waals surface area contributed by atoms with Gasteiger partial charge in [-0.05, 0) is 59.9 Å². The van der Waals surface area contributed by atoms with E-state index in [1.807, 2.05) is 78.9 Å². The number of benzene rings is 3. The first-order valence-electron chi connectivity index (χ1n) is 13.0. The highest BCUT2D eigenvalue weighted by Crippen LogP contribution is 2.20. The standard InChI is InChI=1S/C31H37BrN2O4/c1-23(2)21-33-31(36)29(20-24-9-5-4-6-10-24)34(22-25-11-7-12-26(32)19-25)30(35)13-8-18-38-28-16-14-27(37-3)15-17-28/h4-7,9-12,14-17,19,23,29H,8,13,18,20-22H2,1-3H3,(H,33,36). The maximum Gasteiger partial charge on any atom is 0.243 e. The summed E-state index contributed by atoms with van der Waals surface area (Å²) in [4.78, 5) is 28.9. The van der Waals surface area contributed by atoms with Gasteiger partial charge in [-0.3, -0.25) is 9.59 Å². The largest absolute Gasteiger partial charge is 0.497 e. The minimum absolute atomic E-state index is 0.0797. The van der Waals surface area contributed by atoms with Gasteiger partial charge in [0.05, 0.1) is 13.7 Å². The van der Waals surface area contributed by atoms with Crippen molar-refractivity contribution >= 4 is 27.7 Å². The molecule has 6 nitrogen and oxygen atoms in total. The van der Waals surface area contributed by atoms with Gasteiger partial charge in [0.2, 0.25) is 11.8 Å². The van der Waals surface area contributed by atoms with Gasteiger partial charge in [0.25, 0.3) is 0 Å². The number of amides is 2. The second-order valence-corrected chi connectivity index (χ2v) is 10.5. The van der Waals surface area contributed by atoms with Gasteiger partial charge in [-0.2, -0.15) is 0 Å². The molecule has 0 spiro atoms. The van der Waals surface area contributed by atoms with E-state index >= 15 is 0 Å². The van der Waals surface area contributed by atoms with E-state index in [0.29, 0.717) is 38.5 Å². The molecule has 1 N–H and O–H groups in total. The number of halogens is 1. The van der Waals surface area contributed by atoms with E-state index in [2.05, 4.69) is 35.1 Å². The van der Waals surface area contributed by atoms with Crippen LogP contribution in [0.2, 0.25) is 0 Å². The van der Waals surface area contributed by atoms with Crippen molar-refractivity contribution in [2.45, 2.75) is 45.7 Å². The fourth-order valence-corrected chi connectivity index (χ4v) is 4.48. The summed E-state index contributed by atoms with van der Waals surface area (Å²) in [6.07, 6.45) is 1.24. The van der Waals surface area contributed by atoms with Crippen molar-refractivity contribution in [3.8, 4) is 11.5 Å². The number of rotatable bonds is 14. The van der Waals surface area contributed by atoms with Gasteiger partial charge >= 0.3 is 0 Å². The third-order valence-electron chi connectivity index (χ3n) is 6.06. The van der Waals surface area contributed by atoms with Crippen molar-refractivity contribution in [2.75, 3.05) is 20.3 Å². The normalized spacial score (nSPS) is 11.6. The Bertz CT molecular complexity index is 1150. The van der Waals surface area contributed by atoms with Crippen LogP contribution in [-0.4, -0.2) is 43.0 Å². The topological polar surface area (TPSA) is 67.9 Å². The van der Waals surface area contributed by atoms with E-state index in [-0.39, 0.29) is 18.2 Å².